The molecule has 1 aromatic heterocycles. The normalized spacial score (nSPS) is 12.1. The van der Waals surface area contributed by atoms with E-state index in [1.807, 2.05) is 13.0 Å². The molecular weight excluding hydrogens is 426 g/mol. The third-order valence-electron chi connectivity index (χ3n) is 6.45. The Kier molecular flexibility index (Phi) is 7.26. The highest BCUT2D eigenvalue weighted by atomic mass is 15.3. The molecule has 176 valence electrons. The van der Waals surface area contributed by atoms with Gasteiger partial charge in [-0.1, -0.05) is 111 Å². The number of benzene rings is 3. The second-order valence-corrected chi connectivity index (χ2v) is 8.97. The van der Waals surface area contributed by atoms with Gasteiger partial charge >= 0.3 is 0 Å². The van der Waals surface area contributed by atoms with Crippen LogP contribution < -0.4 is 0 Å². The molecule has 4 rings (SSSR count). The number of hydrogen-bond acceptors (Lipinski definition) is 2. The summed E-state index contributed by atoms with van der Waals surface area (Å²) in [6, 6.07) is 32.0. The molecule has 0 bridgehead atoms. The van der Waals surface area contributed by atoms with Crippen molar-refractivity contribution in [2.75, 3.05) is 0 Å². The van der Waals surface area contributed by atoms with Crippen molar-refractivity contribution in [3.63, 3.8) is 0 Å². The van der Waals surface area contributed by atoms with Gasteiger partial charge in [0.1, 0.15) is 5.54 Å². The van der Waals surface area contributed by atoms with Gasteiger partial charge in [0.25, 0.3) is 0 Å². The number of aliphatic imine (C=N–C) groups is 1. The summed E-state index contributed by atoms with van der Waals surface area (Å²) in [5, 5.41) is 5.33. The fraction of sp³-hybridized carbons (Fsp3) is 0.188. The molecule has 0 unspecified atom stereocenters. The molecule has 3 nitrogen and oxygen atoms in total. The zero-order valence-electron chi connectivity index (χ0n) is 21.0. The SMILES string of the molecule is C=C(C=CN=CC)c1nn(C(c2ccccc2)(c2ccccc2)c2ccccc2)c(C)c1C(C)C. The Morgan fingerprint density at radius 2 is 1.31 bits per heavy atom. The van der Waals surface area contributed by atoms with Crippen LogP contribution in [0.2, 0.25) is 0 Å². The van der Waals surface area contributed by atoms with Crippen molar-refractivity contribution in [2.45, 2.75) is 39.2 Å². The van der Waals surface area contributed by atoms with E-state index in [9.17, 15) is 0 Å². The number of allylic oxidation sites excluding steroid dienone is 2. The van der Waals surface area contributed by atoms with Gasteiger partial charge in [0.15, 0.2) is 0 Å². The molecule has 0 saturated carbocycles. The molecule has 0 amide bonds. The Labute approximate surface area is 209 Å². The first-order valence-electron chi connectivity index (χ1n) is 12.1. The predicted octanol–water partition coefficient (Wildman–Crippen LogP) is 7.77. The van der Waals surface area contributed by atoms with Crippen LogP contribution in [-0.2, 0) is 5.54 Å². The smallest absolute Gasteiger partial charge is 0.138 e. The highest BCUT2D eigenvalue weighted by Gasteiger charge is 2.41. The van der Waals surface area contributed by atoms with Crippen molar-refractivity contribution in [1.82, 2.24) is 9.78 Å². The Morgan fingerprint density at radius 3 is 1.71 bits per heavy atom. The molecule has 0 aliphatic rings. The third kappa shape index (κ3) is 4.42. The molecule has 0 spiro atoms. The monoisotopic (exact) mass is 459 g/mol. The minimum absolute atomic E-state index is 0.276. The lowest BCUT2D eigenvalue weighted by atomic mass is 9.77. The summed E-state index contributed by atoms with van der Waals surface area (Å²) in [5.74, 6) is 0.276. The fourth-order valence-electron chi connectivity index (χ4n) is 4.97. The number of hydrogen-bond donors (Lipinski definition) is 0. The second-order valence-electron chi connectivity index (χ2n) is 8.97. The van der Waals surface area contributed by atoms with Crippen molar-refractivity contribution in [3.05, 3.63) is 143 Å². The molecule has 0 N–H and O–H groups in total. The summed E-state index contributed by atoms with van der Waals surface area (Å²) in [6.45, 7) is 12.9. The molecule has 35 heavy (non-hydrogen) atoms. The van der Waals surface area contributed by atoms with Crippen LogP contribution in [0, 0.1) is 6.92 Å². The van der Waals surface area contributed by atoms with Crippen LogP contribution in [0.3, 0.4) is 0 Å². The quantitative estimate of drug-likeness (QED) is 0.150. The molecular formula is C32H33N3. The van der Waals surface area contributed by atoms with E-state index < -0.39 is 5.54 Å². The van der Waals surface area contributed by atoms with E-state index in [1.54, 1.807) is 12.4 Å². The van der Waals surface area contributed by atoms with Gasteiger partial charge in [0.05, 0.1) is 5.69 Å². The van der Waals surface area contributed by atoms with Crippen molar-refractivity contribution >= 4 is 11.8 Å². The summed E-state index contributed by atoms with van der Waals surface area (Å²) < 4.78 is 2.21. The molecule has 1 heterocycles. The molecule has 3 aromatic carbocycles. The van der Waals surface area contributed by atoms with Crippen molar-refractivity contribution < 1.29 is 0 Å². The summed E-state index contributed by atoms with van der Waals surface area (Å²) in [4.78, 5) is 4.23. The van der Waals surface area contributed by atoms with Crippen LogP contribution in [0.15, 0.2) is 115 Å². The lowest BCUT2D eigenvalue weighted by Crippen LogP contribution is -2.39. The van der Waals surface area contributed by atoms with Gasteiger partial charge in [-0.15, -0.1) is 0 Å². The van der Waals surface area contributed by atoms with E-state index in [2.05, 4.69) is 128 Å². The number of nitrogens with zero attached hydrogens (tertiary/aromatic N) is 3. The van der Waals surface area contributed by atoms with E-state index in [0.29, 0.717) is 0 Å². The standard InChI is InChI=1S/C32H33N3/c1-6-33-23-22-25(4)31-30(24(2)3)26(5)35(34-31)32(27-16-10-7-11-17-27,28-18-12-8-13-19-28)29-20-14-9-15-21-29/h6-24H,4H2,1-3,5H3. The average Bonchev–Trinajstić information content (AvgIpc) is 3.24. The summed E-state index contributed by atoms with van der Waals surface area (Å²) in [5.41, 5.74) is 6.90. The topological polar surface area (TPSA) is 30.2 Å². The maximum absolute atomic E-state index is 5.33. The van der Waals surface area contributed by atoms with Crippen LogP contribution in [0.1, 0.15) is 60.3 Å². The molecule has 0 atom stereocenters. The molecule has 4 aromatic rings. The highest BCUT2D eigenvalue weighted by Crippen LogP contribution is 2.43. The van der Waals surface area contributed by atoms with Crippen molar-refractivity contribution in [1.29, 1.82) is 0 Å². The first-order valence-corrected chi connectivity index (χ1v) is 12.1. The van der Waals surface area contributed by atoms with Crippen LogP contribution in [0.5, 0.6) is 0 Å². The van der Waals surface area contributed by atoms with Crippen molar-refractivity contribution in [2.24, 2.45) is 4.99 Å². The van der Waals surface area contributed by atoms with Gasteiger partial charge < -0.3 is 0 Å². The lowest BCUT2D eigenvalue weighted by molar-refractivity contribution is 0.448. The average molecular weight is 460 g/mol. The Morgan fingerprint density at radius 1 is 0.857 bits per heavy atom. The minimum atomic E-state index is -0.651. The van der Waals surface area contributed by atoms with Gasteiger partial charge in [0, 0.05) is 23.7 Å². The second kappa shape index (κ2) is 10.5. The lowest BCUT2D eigenvalue weighted by Gasteiger charge is -2.37. The molecule has 3 heteroatoms. The summed E-state index contributed by atoms with van der Waals surface area (Å²) in [6.07, 6.45) is 5.48. The predicted molar refractivity (Wildman–Crippen MR) is 148 cm³/mol. The van der Waals surface area contributed by atoms with E-state index >= 15 is 0 Å². The number of aromatic nitrogens is 2. The summed E-state index contributed by atoms with van der Waals surface area (Å²) in [7, 11) is 0. The van der Waals surface area contributed by atoms with Crippen LogP contribution in [0.25, 0.3) is 5.57 Å². The molecule has 0 saturated heterocycles. The van der Waals surface area contributed by atoms with Crippen LogP contribution >= 0.6 is 0 Å². The maximum atomic E-state index is 5.33. The van der Waals surface area contributed by atoms with Gasteiger partial charge in [-0.3, -0.25) is 4.99 Å². The van der Waals surface area contributed by atoms with Gasteiger partial charge in [-0.05, 0) is 48.1 Å². The zero-order valence-corrected chi connectivity index (χ0v) is 21.0. The first-order chi connectivity index (χ1) is 17.0. The molecule has 0 aliphatic carbocycles. The molecule has 0 aliphatic heterocycles. The van der Waals surface area contributed by atoms with Gasteiger partial charge in [0.2, 0.25) is 0 Å². The van der Waals surface area contributed by atoms with Crippen LogP contribution in [-0.4, -0.2) is 16.0 Å². The van der Waals surface area contributed by atoms with E-state index in [-0.39, 0.29) is 5.92 Å². The van der Waals surface area contributed by atoms with E-state index in [0.717, 1.165) is 33.7 Å². The Balaban J connectivity index is 2.12. The maximum Gasteiger partial charge on any atom is 0.138 e. The van der Waals surface area contributed by atoms with E-state index in [4.69, 9.17) is 5.10 Å². The summed E-state index contributed by atoms with van der Waals surface area (Å²) >= 11 is 0. The van der Waals surface area contributed by atoms with Crippen LogP contribution in [0.4, 0.5) is 0 Å². The van der Waals surface area contributed by atoms with Gasteiger partial charge in [-0.2, -0.15) is 5.10 Å². The van der Waals surface area contributed by atoms with E-state index in [1.165, 1.54) is 5.56 Å². The Bertz CT molecular complexity index is 1230. The minimum Gasteiger partial charge on any atom is -0.269 e. The highest BCUT2D eigenvalue weighted by molar-refractivity contribution is 5.73. The number of rotatable bonds is 8. The fourth-order valence-corrected chi connectivity index (χ4v) is 4.97. The zero-order chi connectivity index (χ0) is 24.8. The largest absolute Gasteiger partial charge is 0.269 e. The third-order valence-corrected chi connectivity index (χ3v) is 6.45. The first kappa shape index (κ1) is 24.2. The molecule has 0 radical (unpaired) electrons. The molecule has 0 fully saturated rings. The van der Waals surface area contributed by atoms with Crippen molar-refractivity contribution in [3.8, 4) is 0 Å². The van der Waals surface area contributed by atoms with Gasteiger partial charge in [-0.25, -0.2) is 4.68 Å². The Hall–Kier alpha value is -3.98.